The van der Waals surface area contributed by atoms with Crippen LogP contribution in [-0.4, -0.2) is 18.9 Å². The van der Waals surface area contributed by atoms with E-state index < -0.39 is 0 Å². The van der Waals surface area contributed by atoms with Crippen LogP contribution in [-0.2, 0) is 12.0 Å². The summed E-state index contributed by atoms with van der Waals surface area (Å²) >= 11 is 4.16. The second-order valence-corrected chi connectivity index (χ2v) is 11.7. The topological polar surface area (TPSA) is 24.2 Å². The Morgan fingerprint density at radius 3 is 2.39 bits per heavy atom. The number of nitrogens with zero attached hydrogens (tertiary/aromatic N) is 2. The SMILES string of the molecule is O=C(CN1CC[n+]2c(C34CC5CC(CC(C5)C3)C4)csc21)c1ccc(I)cc1. The van der Waals surface area contributed by atoms with Gasteiger partial charge in [-0.2, -0.15) is 0 Å². The number of hydrogen-bond acceptors (Lipinski definition) is 3. The molecule has 0 N–H and O–H groups in total. The first-order valence-corrected chi connectivity index (χ1v) is 12.6. The minimum absolute atomic E-state index is 0.231. The predicted octanol–water partition coefficient (Wildman–Crippen LogP) is 4.81. The van der Waals surface area contributed by atoms with Crippen LogP contribution in [0.4, 0.5) is 5.13 Å². The molecule has 2 heterocycles. The van der Waals surface area contributed by atoms with E-state index in [1.54, 1.807) is 5.69 Å². The first-order chi connectivity index (χ1) is 13.6. The summed E-state index contributed by atoms with van der Waals surface area (Å²) in [6, 6.07) is 7.97. The van der Waals surface area contributed by atoms with Crippen LogP contribution in [0.2, 0.25) is 0 Å². The van der Waals surface area contributed by atoms with Crippen molar-refractivity contribution in [3.8, 4) is 0 Å². The van der Waals surface area contributed by atoms with E-state index in [0.29, 0.717) is 12.0 Å². The molecule has 3 nitrogen and oxygen atoms in total. The highest BCUT2D eigenvalue weighted by atomic mass is 127. The van der Waals surface area contributed by atoms with E-state index in [1.807, 2.05) is 35.6 Å². The van der Waals surface area contributed by atoms with Gasteiger partial charge in [0.25, 0.3) is 0 Å². The molecule has 4 fully saturated rings. The Kier molecular flexibility index (Phi) is 4.16. The fraction of sp³-hybridized carbons (Fsp3) is 0.565. The summed E-state index contributed by atoms with van der Waals surface area (Å²) in [6.45, 7) is 2.53. The van der Waals surface area contributed by atoms with Crippen LogP contribution < -0.4 is 9.47 Å². The van der Waals surface area contributed by atoms with Crippen molar-refractivity contribution in [1.82, 2.24) is 0 Å². The van der Waals surface area contributed by atoms with Gasteiger partial charge in [0.05, 0.1) is 0 Å². The van der Waals surface area contributed by atoms with E-state index in [0.717, 1.165) is 36.4 Å². The molecule has 1 aromatic heterocycles. The first-order valence-electron chi connectivity index (χ1n) is 10.7. The summed E-state index contributed by atoms with van der Waals surface area (Å²) in [5.41, 5.74) is 2.88. The van der Waals surface area contributed by atoms with Crippen LogP contribution in [0.25, 0.3) is 0 Å². The Hall–Kier alpha value is -0.950. The van der Waals surface area contributed by atoms with Gasteiger partial charge >= 0.3 is 5.13 Å². The smallest absolute Gasteiger partial charge is 0.290 e. The zero-order valence-electron chi connectivity index (χ0n) is 16.1. The maximum absolute atomic E-state index is 12.8. The van der Waals surface area contributed by atoms with E-state index >= 15 is 0 Å². The molecule has 5 heteroatoms. The number of fused-ring (bicyclic) bond motifs is 1. The van der Waals surface area contributed by atoms with Crippen molar-refractivity contribution in [2.45, 2.75) is 50.5 Å². The van der Waals surface area contributed by atoms with E-state index in [2.05, 4.69) is 37.4 Å². The lowest BCUT2D eigenvalue weighted by atomic mass is 9.49. The van der Waals surface area contributed by atoms with Crippen molar-refractivity contribution >= 4 is 44.8 Å². The van der Waals surface area contributed by atoms with Gasteiger partial charge in [-0.05, 0) is 91.0 Å². The Labute approximate surface area is 184 Å². The van der Waals surface area contributed by atoms with Gasteiger partial charge in [0.2, 0.25) is 5.78 Å². The highest BCUT2D eigenvalue weighted by Crippen LogP contribution is 2.60. The molecule has 0 amide bonds. The van der Waals surface area contributed by atoms with Gasteiger partial charge in [0.15, 0.2) is 0 Å². The van der Waals surface area contributed by atoms with Crippen LogP contribution in [0, 0.1) is 21.3 Å². The fourth-order valence-electron chi connectivity index (χ4n) is 7.00. The minimum Gasteiger partial charge on any atom is -0.290 e. The number of ketones is 1. The molecule has 0 atom stereocenters. The molecular weight excluding hydrogens is 479 g/mol. The van der Waals surface area contributed by atoms with E-state index in [9.17, 15) is 4.79 Å². The van der Waals surface area contributed by atoms with Gasteiger partial charge in [0.1, 0.15) is 25.3 Å². The summed E-state index contributed by atoms with van der Waals surface area (Å²) in [5, 5.41) is 3.76. The maximum Gasteiger partial charge on any atom is 0.336 e. The lowest BCUT2D eigenvalue weighted by Crippen LogP contribution is -2.53. The third kappa shape index (κ3) is 2.79. The maximum atomic E-state index is 12.8. The zero-order chi connectivity index (χ0) is 18.9. The van der Waals surface area contributed by atoms with E-state index in [-0.39, 0.29) is 5.78 Å². The molecule has 0 radical (unpaired) electrons. The number of carbonyl (C=O) groups excluding carboxylic acids is 1. The number of benzene rings is 1. The van der Waals surface area contributed by atoms with Crippen molar-refractivity contribution in [3.05, 3.63) is 44.5 Å². The summed E-state index contributed by atoms with van der Waals surface area (Å²) < 4.78 is 3.76. The minimum atomic E-state index is 0.231. The Balaban J connectivity index is 1.26. The molecule has 146 valence electrons. The first kappa shape index (κ1) is 17.9. The lowest BCUT2D eigenvalue weighted by Gasteiger charge is -2.55. The van der Waals surface area contributed by atoms with E-state index in [4.69, 9.17) is 0 Å². The monoisotopic (exact) mass is 505 g/mol. The number of anilines is 1. The highest BCUT2D eigenvalue weighted by Gasteiger charge is 2.55. The van der Waals surface area contributed by atoms with Crippen LogP contribution in [0.5, 0.6) is 0 Å². The molecule has 2 aromatic rings. The van der Waals surface area contributed by atoms with Gasteiger partial charge in [-0.1, -0.05) is 23.5 Å². The van der Waals surface area contributed by atoms with Crippen LogP contribution in [0.3, 0.4) is 0 Å². The van der Waals surface area contributed by atoms with Gasteiger partial charge in [-0.25, -0.2) is 9.47 Å². The van der Waals surface area contributed by atoms with Crippen LogP contribution in [0.1, 0.15) is 54.6 Å². The normalized spacial score (nSPS) is 32.8. The standard InChI is InChI=1S/C23H26IN2OS/c24-19-3-1-18(2-4-19)20(27)13-25-5-6-26-21(14-28-22(25)26)23-10-15-7-16(11-23)9-17(8-15)12-23/h1-4,14-17H,5-13H2/q+1. The molecule has 1 aromatic carbocycles. The molecular formula is C23H26IN2OS+. The quantitative estimate of drug-likeness (QED) is 0.339. The van der Waals surface area contributed by atoms with Gasteiger partial charge in [0, 0.05) is 19.9 Å². The third-order valence-corrected chi connectivity index (χ3v) is 9.49. The number of halogens is 1. The molecule has 0 saturated heterocycles. The molecule has 1 aliphatic heterocycles. The van der Waals surface area contributed by atoms with E-state index in [1.165, 1.54) is 47.2 Å². The average molecular weight is 505 g/mol. The second kappa shape index (κ2) is 6.53. The number of carbonyl (C=O) groups is 1. The largest absolute Gasteiger partial charge is 0.336 e. The molecule has 4 saturated carbocycles. The Bertz CT molecular complexity index is 899. The van der Waals surface area contributed by atoms with Gasteiger partial charge in [-0.3, -0.25) is 4.79 Å². The number of hydrogen-bond donors (Lipinski definition) is 0. The molecule has 5 aliphatic rings. The van der Waals surface area contributed by atoms with Crippen molar-refractivity contribution in [1.29, 1.82) is 0 Å². The van der Waals surface area contributed by atoms with Gasteiger partial charge < -0.3 is 0 Å². The summed E-state index contributed by atoms with van der Waals surface area (Å²) in [7, 11) is 0. The Morgan fingerprint density at radius 1 is 1.11 bits per heavy atom. The molecule has 0 spiro atoms. The number of Topliss-reactive ketones (excluding diaryl/α,β-unsaturated/α-hetero) is 1. The summed E-state index contributed by atoms with van der Waals surface area (Å²) in [5.74, 6) is 3.15. The van der Waals surface area contributed by atoms with Crippen molar-refractivity contribution in [2.24, 2.45) is 17.8 Å². The summed E-state index contributed by atoms with van der Waals surface area (Å²) in [4.78, 5) is 15.1. The third-order valence-electron chi connectivity index (χ3n) is 7.74. The molecule has 7 rings (SSSR count). The number of thiazole rings is 1. The Morgan fingerprint density at radius 2 is 1.75 bits per heavy atom. The zero-order valence-corrected chi connectivity index (χ0v) is 19.0. The lowest BCUT2D eigenvalue weighted by molar-refractivity contribution is -0.679. The number of rotatable bonds is 4. The van der Waals surface area contributed by atoms with Crippen LogP contribution >= 0.6 is 33.9 Å². The second-order valence-electron chi connectivity index (χ2n) is 9.60. The van der Waals surface area contributed by atoms with Crippen molar-refractivity contribution in [2.75, 3.05) is 18.0 Å². The molecule has 4 aliphatic carbocycles. The average Bonchev–Trinajstić information content (AvgIpc) is 3.24. The van der Waals surface area contributed by atoms with Crippen molar-refractivity contribution in [3.63, 3.8) is 0 Å². The van der Waals surface area contributed by atoms with Crippen LogP contribution in [0.15, 0.2) is 29.6 Å². The number of aromatic nitrogens is 1. The highest BCUT2D eigenvalue weighted by molar-refractivity contribution is 14.1. The van der Waals surface area contributed by atoms with Crippen molar-refractivity contribution < 1.29 is 9.36 Å². The summed E-state index contributed by atoms with van der Waals surface area (Å²) in [6.07, 6.45) is 8.72. The van der Waals surface area contributed by atoms with Gasteiger partial charge in [-0.15, -0.1) is 0 Å². The fourth-order valence-corrected chi connectivity index (χ4v) is 8.57. The molecule has 0 unspecified atom stereocenters. The molecule has 4 bridgehead atoms. The molecule has 28 heavy (non-hydrogen) atoms. The predicted molar refractivity (Wildman–Crippen MR) is 120 cm³/mol.